The van der Waals surface area contributed by atoms with Crippen molar-refractivity contribution < 1.29 is 0 Å². The van der Waals surface area contributed by atoms with Gasteiger partial charge in [-0.3, -0.25) is 4.40 Å². The molecule has 0 spiro atoms. The molecule has 0 aliphatic rings. The molecule has 0 radical (unpaired) electrons. The van der Waals surface area contributed by atoms with E-state index in [1.807, 2.05) is 0 Å². The Kier molecular flexibility index (Phi) is 4.16. The SMILES string of the molecule is c1ccc(-n2c3ccccc3c3cc(Cc4cn5c6ccccc6c6sccc6c5n4)ccc32)cc1. The van der Waals surface area contributed by atoms with Gasteiger partial charge in [0.15, 0.2) is 0 Å². The van der Waals surface area contributed by atoms with Gasteiger partial charge >= 0.3 is 0 Å². The molecule has 4 heterocycles. The highest BCUT2D eigenvalue weighted by Gasteiger charge is 2.15. The molecule has 8 aromatic rings. The van der Waals surface area contributed by atoms with Gasteiger partial charge in [0.1, 0.15) is 5.65 Å². The predicted molar refractivity (Wildman–Crippen MR) is 152 cm³/mol. The maximum Gasteiger partial charge on any atom is 0.146 e. The third-order valence-corrected chi connectivity index (χ3v) is 8.15. The molecule has 0 saturated heterocycles. The molecule has 0 aliphatic heterocycles. The number of hydrogen-bond acceptors (Lipinski definition) is 2. The van der Waals surface area contributed by atoms with Crippen molar-refractivity contribution in [1.29, 1.82) is 0 Å². The van der Waals surface area contributed by atoms with Gasteiger partial charge < -0.3 is 4.57 Å². The maximum absolute atomic E-state index is 5.12. The molecular weight excluding hydrogens is 458 g/mol. The van der Waals surface area contributed by atoms with Crippen LogP contribution < -0.4 is 0 Å². The number of imidazole rings is 1. The Morgan fingerprint density at radius 1 is 0.639 bits per heavy atom. The van der Waals surface area contributed by atoms with Gasteiger partial charge in [0.05, 0.1) is 22.2 Å². The minimum atomic E-state index is 0.794. The zero-order valence-corrected chi connectivity index (χ0v) is 20.2. The van der Waals surface area contributed by atoms with Crippen LogP contribution in [0.15, 0.2) is 115 Å². The van der Waals surface area contributed by atoms with Crippen LogP contribution in [0.4, 0.5) is 0 Å². The number of para-hydroxylation sites is 3. The zero-order chi connectivity index (χ0) is 23.6. The number of thiophene rings is 1. The zero-order valence-electron chi connectivity index (χ0n) is 19.4. The Hall–Kier alpha value is -4.41. The minimum absolute atomic E-state index is 0.794. The summed E-state index contributed by atoms with van der Waals surface area (Å²) < 4.78 is 5.93. The number of rotatable bonds is 3. The first-order valence-electron chi connectivity index (χ1n) is 12.2. The van der Waals surface area contributed by atoms with Crippen molar-refractivity contribution in [2.45, 2.75) is 6.42 Å². The Balaban J connectivity index is 1.30. The quantitative estimate of drug-likeness (QED) is 0.249. The first-order valence-corrected chi connectivity index (χ1v) is 13.1. The van der Waals surface area contributed by atoms with Gasteiger partial charge in [-0.15, -0.1) is 11.3 Å². The number of pyridine rings is 1. The fourth-order valence-corrected chi connectivity index (χ4v) is 6.58. The summed E-state index contributed by atoms with van der Waals surface area (Å²) in [5, 5.41) is 7.24. The Morgan fingerprint density at radius 2 is 1.39 bits per heavy atom. The van der Waals surface area contributed by atoms with Crippen LogP contribution in [0.1, 0.15) is 11.3 Å². The van der Waals surface area contributed by atoms with Crippen molar-refractivity contribution in [3.05, 3.63) is 126 Å². The highest BCUT2D eigenvalue weighted by molar-refractivity contribution is 7.18. The van der Waals surface area contributed by atoms with Gasteiger partial charge in [-0.05, 0) is 53.4 Å². The summed E-state index contributed by atoms with van der Waals surface area (Å²) in [5.41, 5.74) is 8.26. The standard InChI is InChI=1S/C32H21N3S/c1-2-8-23(9-3-1)35-29-13-7-4-10-24(29)27-19-21(14-15-30(27)35)18-22-20-34-28-12-6-5-11-25(28)31-26(16-17-36-31)32(34)33-22/h1-17,19-20H,18H2. The summed E-state index contributed by atoms with van der Waals surface area (Å²) in [5.74, 6) is 0. The Morgan fingerprint density at radius 3 is 2.28 bits per heavy atom. The monoisotopic (exact) mass is 479 g/mol. The summed E-state index contributed by atoms with van der Waals surface area (Å²) in [4.78, 5) is 5.12. The molecule has 0 fully saturated rings. The van der Waals surface area contributed by atoms with Crippen LogP contribution in [0.5, 0.6) is 0 Å². The van der Waals surface area contributed by atoms with E-state index in [1.54, 1.807) is 11.3 Å². The second kappa shape index (κ2) is 7.54. The summed E-state index contributed by atoms with van der Waals surface area (Å²) >= 11 is 1.79. The molecule has 4 aromatic carbocycles. The molecule has 36 heavy (non-hydrogen) atoms. The molecule has 0 amide bonds. The molecule has 4 aromatic heterocycles. The van der Waals surface area contributed by atoms with Crippen molar-refractivity contribution >= 4 is 59.8 Å². The molecule has 0 unspecified atom stereocenters. The fourth-order valence-electron chi connectivity index (χ4n) is 5.65. The lowest BCUT2D eigenvalue weighted by Crippen LogP contribution is -1.93. The van der Waals surface area contributed by atoms with E-state index in [0.717, 1.165) is 17.8 Å². The first-order chi connectivity index (χ1) is 17.8. The normalized spacial score (nSPS) is 12.0. The minimum Gasteiger partial charge on any atom is -0.309 e. The summed E-state index contributed by atoms with van der Waals surface area (Å²) in [6, 6.07) is 37.0. The van der Waals surface area contributed by atoms with E-state index in [0.29, 0.717) is 0 Å². The van der Waals surface area contributed by atoms with Crippen molar-refractivity contribution in [3.8, 4) is 5.69 Å². The lowest BCUT2D eigenvalue weighted by atomic mass is 10.1. The number of fused-ring (bicyclic) bond motifs is 9. The number of aromatic nitrogens is 3. The molecule has 0 atom stereocenters. The topological polar surface area (TPSA) is 22.2 Å². The maximum atomic E-state index is 5.12. The van der Waals surface area contributed by atoms with Crippen molar-refractivity contribution in [1.82, 2.24) is 14.0 Å². The van der Waals surface area contributed by atoms with Crippen molar-refractivity contribution in [2.75, 3.05) is 0 Å². The largest absolute Gasteiger partial charge is 0.309 e. The average molecular weight is 480 g/mol. The molecule has 170 valence electrons. The van der Waals surface area contributed by atoms with E-state index >= 15 is 0 Å². The van der Waals surface area contributed by atoms with Crippen LogP contribution in [0, 0.1) is 0 Å². The number of hydrogen-bond donors (Lipinski definition) is 0. The van der Waals surface area contributed by atoms with Gasteiger partial charge in [0.2, 0.25) is 0 Å². The molecular formula is C32H21N3S. The first kappa shape index (κ1) is 19.8. The fraction of sp³-hybridized carbons (Fsp3) is 0.0312. The third-order valence-electron chi connectivity index (χ3n) is 7.21. The van der Waals surface area contributed by atoms with Gasteiger partial charge in [-0.1, -0.05) is 60.7 Å². The Bertz CT molecular complexity index is 2080. The van der Waals surface area contributed by atoms with E-state index in [-0.39, 0.29) is 0 Å². The smallest absolute Gasteiger partial charge is 0.146 e. The third kappa shape index (κ3) is 2.82. The second-order valence-corrected chi connectivity index (χ2v) is 10.2. The average Bonchev–Trinajstić information content (AvgIpc) is 3.65. The molecule has 8 rings (SSSR count). The lowest BCUT2D eigenvalue weighted by Gasteiger charge is -2.07. The predicted octanol–water partition coefficient (Wildman–Crippen LogP) is 8.39. The van der Waals surface area contributed by atoms with Gasteiger partial charge in [0, 0.05) is 44.5 Å². The van der Waals surface area contributed by atoms with Crippen molar-refractivity contribution in [2.24, 2.45) is 0 Å². The summed E-state index contributed by atoms with van der Waals surface area (Å²) in [6.45, 7) is 0. The van der Waals surface area contributed by atoms with E-state index in [4.69, 9.17) is 4.98 Å². The highest BCUT2D eigenvalue weighted by atomic mass is 32.1. The molecule has 0 saturated carbocycles. The highest BCUT2D eigenvalue weighted by Crippen LogP contribution is 2.35. The van der Waals surface area contributed by atoms with Crippen LogP contribution in [0.25, 0.3) is 54.1 Å². The van der Waals surface area contributed by atoms with Crippen LogP contribution in [-0.4, -0.2) is 14.0 Å². The Labute approximate surface area is 211 Å². The number of nitrogens with zero attached hydrogens (tertiary/aromatic N) is 3. The molecule has 4 heteroatoms. The molecule has 0 N–H and O–H groups in total. The van der Waals surface area contributed by atoms with E-state index in [1.165, 1.54) is 54.0 Å². The van der Waals surface area contributed by atoms with Gasteiger partial charge in [-0.2, -0.15) is 0 Å². The van der Waals surface area contributed by atoms with E-state index < -0.39 is 0 Å². The molecule has 0 bridgehead atoms. The van der Waals surface area contributed by atoms with Gasteiger partial charge in [0.25, 0.3) is 0 Å². The number of benzene rings is 4. The molecule has 3 nitrogen and oxygen atoms in total. The van der Waals surface area contributed by atoms with Gasteiger partial charge in [-0.25, -0.2) is 4.98 Å². The summed E-state index contributed by atoms with van der Waals surface area (Å²) in [7, 11) is 0. The van der Waals surface area contributed by atoms with Crippen LogP contribution in [-0.2, 0) is 6.42 Å². The van der Waals surface area contributed by atoms with Crippen molar-refractivity contribution in [3.63, 3.8) is 0 Å². The lowest BCUT2D eigenvalue weighted by molar-refractivity contribution is 1.12. The van der Waals surface area contributed by atoms with Crippen LogP contribution in [0.3, 0.4) is 0 Å². The summed E-state index contributed by atoms with van der Waals surface area (Å²) in [6.07, 6.45) is 3.01. The van der Waals surface area contributed by atoms with Crippen LogP contribution >= 0.6 is 11.3 Å². The van der Waals surface area contributed by atoms with E-state index in [2.05, 4.69) is 124 Å². The van der Waals surface area contributed by atoms with E-state index in [9.17, 15) is 0 Å². The van der Waals surface area contributed by atoms with Crippen LogP contribution in [0.2, 0.25) is 0 Å². The molecule has 0 aliphatic carbocycles. The second-order valence-electron chi connectivity index (χ2n) is 9.32.